The Morgan fingerprint density at radius 1 is 0.180 bits per heavy atom. The van der Waals surface area contributed by atoms with E-state index in [0.29, 0.717) is 39.9 Å². The van der Waals surface area contributed by atoms with Gasteiger partial charge >= 0.3 is 0 Å². The molecule has 8 heteroatoms. The normalized spacial score (nSPS) is 12.1. The van der Waals surface area contributed by atoms with E-state index in [0.717, 1.165) is 103 Å². The number of ether oxygens (including phenoxy) is 4. The lowest BCUT2D eigenvalue weighted by molar-refractivity contribution is 0.0131. The van der Waals surface area contributed by atoms with Crippen LogP contribution in [0.1, 0.15) is 643 Å². The summed E-state index contributed by atoms with van der Waals surface area (Å²) in [6, 6.07) is 10.6. The molecule has 8 nitrogen and oxygen atoms in total. The summed E-state index contributed by atoms with van der Waals surface area (Å²) in [6.07, 6.45) is 114. The first kappa shape index (κ1) is 127. The van der Waals surface area contributed by atoms with E-state index in [9.17, 15) is 0 Å². The maximum absolute atomic E-state index is 7.46. The molecular weight excluding hydrogens is 1620 g/mol. The van der Waals surface area contributed by atoms with Crippen molar-refractivity contribution in [3.05, 3.63) is 57.6 Å². The van der Waals surface area contributed by atoms with Gasteiger partial charge in [-0.15, -0.1) is 0 Å². The van der Waals surface area contributed by atoms with Crippen LogP contribution in [-0.4, -0.2) is 112 Å². The fourth-order valence-electron chi connectivity index (χ4n) is 20.8. The highest BCUT2D eigenvalue weighted by molar-refractivity contribution is 5.53. The molecule has 784 valence electrons. The monoisotopic (exact) mass is 1860 g/mol. The minimum atomic E-state index is -0.300. The molecule has 0 aliphatic heterocycles. The van der Waals surface area contributed by atoms with Gasteiger partial charge in [-0.2, -0.15) is 0 Å². The average molecular weight is 1860 g/mol. The minimum absolute atomic E-state index is 0.300. The third kappa shape index (κ3) is 75.3. The summed E-state index contributed by atoms with van der Waals surface area (Å²) in [5.74, 6) is 2.31. The standard InChI is InChI=1S/C125H240N4O4/c1-13-23-31-39-47-55-63-71-79-87-97-126(98-88-80-72-64-56-48-40-32-24-14-2)113-119-111-121(109-117(95-21-9)123(119)132-107-105-130-115-128(101-91-83-75-67-59-51-43-35-27-17-5)102-92-84-76-68-60-52-44-36-28-18-6)125(11,12)122-110-118(96-22-10)124(120(112-122)114-127(99-89-81-73-65-57-49-41-33-25-15-3)100-90-82-74-66-58-50-42-34-26-16-4)133-108-106-131-116-129(103-93-85-77-69-61-53-45-37-29-19-7)104-94-86-78-70-62-54-46-38-30-20-8/h109-112H,13-108,113-116H2,1-12H3. The van der Waals surface area contributed by atoms with Crippen LogP contribution in [0.4, 0.5) is 0 Å². The molecule has 0 amide bonds. The summed E-state index contributed by atoms with van der Waals surface area (Å²) in [6.45, 7) is 43.6. The van der Waals surface area contributed by atoms with Crippen LogP contribution >= 0.6 is 0 Å². The van der Waals surface area contributed by atoms with E-state index in [1.54, 1.807) is 0 Å². The molecule has 0 N–H and O–H groups in total. The third-order valence-electron chi connectivity index (χ3n) is 29.9. The van der Waals surface area contributed by atoms with Crippen LogP contribution in [-0.2, 0) is 40.8 Å². The van der Waals surface area contributed by atoms with E-state index in [4.69, 9.17) is 18.9 Å². The first-order valence-corrected chi connectivity index (χ1v) is 61.2. The number of nitrogens with zero attached hydrogens (tertiary/aromatic N) is 4. The number of benzene rings is 2. The molecule has 2 rings (SSSR count). The Labute approximate surface area is 835 Å². The zero-order valence-corrected chi connectivity index (χ0v) is 92.9. The van der Waals surface area contributed by atoms with Crippen LogP contribution in [0.25, 0.3) is 0 Å². The maximum atomic E-state index is 7.46. The van der Waals surface area contributed by atoms with Gasteiger partial charge in [0.2, 0.25) is 0 Å². The van der Waals surface area contributed by atoms with Crippen molar-refractivity contribution in [1.82, 2.24) is 19.6 Å². The van der Waals surface area contributed by atoms with Crippen LogP contribution in [0.3, 0.4) is 0 Å². The molecule has 0 bridgehead atoms. The molecule has 0 heterocycles. The van der Waals surface area contributed by atoms with Gasteiger partial charge < -0.3 is 18.9 Å². The zero-order valence-electron chi connectivity index (χ0n) is 92.9. The maximum Gasteiger partial charge on any atom is 0.127 e. The Morgan fingerprint density at radius 3 is 0.511 bits per heavy atom. The van der Waals surface area contributed by atoms with Crippen molar-refractivity contribution in [3.8, 4) is 11.5 Å². The molecule has 0 spiro atoms. The Kier molecular flexibility index (Phi) is 94.0. The van der Waals surface area contributed by atoms with E-state index >= 15 is 0 Å². The van der Waals surface area contributed by atoms with E-state index in [2.05, 4.69) is 127 Å². The number of hydrogen-bond acceptors (Lipinski definition) is 8. The summed E-state index contributed by atoms with van der Waals surface area (Å²) >= 11 is 0. The van der Waals surface area contributed by atoms with E-state index in [1.165, 1.54) is 547 Å². The smallest absolute Gasteiger partial charge is 0.127 e. The molecular formula is C125H240N4O4. The highest BCUT2D eigenvalue weighted by Gasteiger charge is 2.30. The molecule has 0 radical (unpaired) electrons. The van der Waals surface area contributed by atoms with Gasteiger partial charge in [0.1, 0.15) is 24.7 Å². The lowest BCUT2D eigenvalue weighted by atomic mass is 9.75. The van der Waals surface area contributed by atoms with Gasteiger partial charge in [0.05, 0.1) is 26.7 Å². The van der Waals surface area contributed by atoms with E-state index < -0.39 is 0 Å². The predicted molar refractivity (Wildman–Crippen MR) is 594 cm³/mol. The quantitative estimate of drug-likeness (QED) is 0.0480. The van der Waals surface area contributed by atoms with Crippen LogP contribution < -0.4 is 9.47 Å². The Morgan fingerprint density at radius 2 is 0.338 bits per heavy atom. The van der Waals surface area contributed by atoms with Gasteiger partial charge in [0, 0.05) is 55.8 Å². The van der Waals surface area contributed by atoms with Gasteiger partial charge in [-0.3, -0.25) is 19.6 Å². The average Bonchev–Trinajstić information content (AvgIpc) is 0.762. The van der Waals surface area contributed by atoms with Crippen molar-refractivity contribution in [1.29, 1.82) is 0 Å². The Bertz CT molecular complexity index is 2390. The Balaban J connectivity index is 2.90. The van der Waals surface area contributed by atoms with Gasteiger partial charge in [-0.1, -0.05) is 570 Å². The second kappa shape index (κ2) is 98.6. The second-order valence-electron chi connectivity index (χ2n) is 43.4. The SMILES string of the molecule is CCCCCCCCCCCCN(CCCCCCCCCCCC)COCCOc1c(CCC)cc(C(C)(C)c2cc(CCC)c(OCCOCN(CCCCCCCCCCCC)CCCCCCCCCCCC)c(CN(CCCCCCCCCCCC)CCCCCCCCCCCC)c2)cc1CN(CCCCCCCCCCCC)CCCCCCCCCCCC. The molecule has 133 heavy (non-hydrogen) atoms. The van der Waals surface area contributed by atoms with E-state index in [1.807, 2.05) is 0 Å². The molecule has 0 atom stereocenters. The zero-order chi connectivity index (χ0) is 95.8. The van der Waals surface area contributed by atoms with Gasteiger partial charge in [-0.05, 0) is 125 Å². The summed E-state index contributed by atoms with van der Waals surface area (Å²) in [7, 11) is 0. The van der Waals surface area contributed by atoms with Crippen molar-refractivity contribution in [3.63, 3.8) is 0 Å². The fraction of sp³-hybridized carbons (Fsp3) is 0.904. The van der Waals surface area contributed by atoms with Crippen LogP contribution in [0.15, 0.2) is 24.3 Å². The molecule has 0 aromatic heterocycles. The van der Waals surface area contributed by atoms with Crippen molar-refractivity contribution in [2.75, 3.05) is 92.2 Å². The van der Waals surface area contributed by atoms with Gasteiger partial charge in [0.15, 0.2) is 0 Å². The summed E-state index contributed by atoms with van der Waals surface area (Å²) in [4.78, 5) is 11.2. The number of unbranched alkanes of at least 4 members (excludes halogenated alkanes) is 72. The van der Waals surface area contributed by atoms with Crippen molar-refractivity contribution < 1.29 is 18.9 Å². The first-order chi connectivity index (χ1) is 65.6. The van der Waals surface area contributed by atoms with Crippen LogP contribution in [0.2, 0.25) is 0 Å². The lowest BCUT2D eigenvalue weighted by Crippen LogP contribution is -2.30. The first-order valence-electron chi connectivity index (χ1n) is 61.2. The summed E-state index contributed by atoms with van der Waals surface area (Å²) in [5.41, 5.74) is 8.15. The number of rotatable bonds is 110. The molecule has 0 aliphatic carbocycles. The van der Waals surface area contributed by atoms with Crippen LogP contribution in [0.5, 0.6) is 11.5 Å². The molecule has 2 aromatic rings. The van der Waals surface area contributed by atoms with Crippen molar-refractivity contribution in [2.45, 2.75) is 641 Å². The summed E-state index contributed by atoms with van der Waals surface area (Å²) in [5, 5.41) is 0. The van der Waals surface area contributed by atoms with Gasteiger partial charge in [0.25, 0.3) is 0 Å². The molecule has 2 aromatic carbocycles. The Hall–Kier alpha value is -2.20. The topological polar surface area (TPSA) is 49.9 Å². The molecule has 0 saturated carbocycles. The van der Waals surface area contributed by atoms with E-state index in [-0.39, 0.29) is 5.41 Å². The van der Waals surface area contributed by atoms with Crippen LogP contribution in [0, 0.1) is 0 Å². The fourth-order valence-corrected chi connectivity index (χ4v) is 20.8. The molecule has 0 unspecified atom stereocenters. The molecule has 0 fully saturated rings. The number of aryl methyl sites for hydroxylation is 2. The van der Waals surface area contributed by atoms with Gasteiger partial charge in [-0.25, -0.2) is 0 Å². The minimum Gasteiger partial charge on any atom is -0.491 e. The number of hydrogen-bond donors (Lipinski definition) is 0. The highest BCUT2D eigenvalue weighted by Crippen LogP contribution is 2.42. The molecule has 0 saturated heterocycles. The van der Waals surface area contributed by atoms with Crippen molar-refractivity contribution >= 4 is 0 Å². The highest BCUT2D eigenvalue weighted by atomic mass is 16.5. The molecule has 0 aliphatic rings. The largest absolute Gasteiger partial charge is 0.491 e. The lowest BCUT2D eigenvalue weighted by Gasteiger charge is -2.32. The van der Waals surface area contributed by atoms with Crippen molar-refractivity contribution in [2.24, 2.45) is 0 Å². The third-order valence-corrected chi connectivity index (χ3v) is 29.9. The summed E-state index contributed by atoms with van der Waals surface area (Å²) < 4.78 is 28.7. The predicted octanol–water partition coefficient (Wildman–Crippen LogP) is 40.2. The second-order valence-corrected chi connectivity index (χ2v) is 43.4.